The van der Waals surface area contributed by atoms with E-state index in [2.05, 4.69) is 18.2 Å². The Kier molecular flexibility index (Phi) is 4.15. The summed E-state index contributed by atoms with van der Waals surface area (Å²) in [5, 5.41) is 0. The highest BCUT2D eigenvalue weighted by molar-refractivity contribution is 5.70. The number of benzene rings is 2. The topological polar surface area (TPSA) is 9.23 Å². The van der Waals surface area contributed by atoms with Crippen LogP contribution in [0.4, 0.5) is 4.39 Å². The Labute approximate surface area is 124 Å². The summed E-state index contributed by atoms with van der Waals surface area (Å²) in [7, 11) is 0. The minimum absolute atomic E-state index is 0.236. The molecule has 0 fully saturated rings. The molecule has 1 nitrogen and oxygen atoms in total. The number of allylic oxidation sites excluding steroid dienone is 2. The summed E-state index contributed by atoms with van der Waals surface area (Å²) in [5.74, 6) is 0.545. The molecule has 1 aliphatic carbocycles. The maximum absolute atomic E-state index is 13.4. The lowest BCUT2D eigenvalue weighted by molar-refractivity contribution is 0.356. The van der Waals surface area contributed by atoms with Crippen LogP contribution in [0.3, 0.4) is 0 Å². The smallest absolute Gasteiger partial charge is 0.127 e. The van der Waals surface area contributed by atoms with Crippen molar-refractivity contribution in [2.75, 3.05) is 6.61 Å². The summed E-state index contributed by atoms with van der Waals surface area (Å²) in [5.41, 5.74) is 2.94. The van der Waals surface area contributed by atoms with Gasteiger partial charge in [-0.3, -0.25) is 0 Å². The van der Waals surface area contributed by atoms with Gasteiger partial charge in [-0.05, 0) is 42.2 Å². The molecule has 1 aliphatic rings. The van der Waals surface area contributed by atoms with Crippen molar-refractivity contribution >= 4 is 0 Å². The molecular weight excluding hydrogens is 263 g/mol. The lowest BCUT2D eigenvalue weighted by Crippen LogP contribution is -2.02. The second kappa shape index (κ2) is 6.40. The van der Waals surface area contributed by atoms with Gasteiger partial charge in [0.2, 0.25) is 0 Å². The summed E-state index contributed by atoms with van der Waals surface area (Å²) in [6, 6.07) is 14.3. The van der Waals surface area contributed by atoms with Crippen LogP contribution >= 0.6 is 0 Å². The van der Waals surface area contributed by atoms with E-state index in [1.165, 1.54) is 17.7 Å². The molecule has 21 heavy (non-hydrogen) atoms. The molecule has 0 N–H and O–H groups in total. The average molecular weight is 280 g/mol. The Hall–Kier alpha value is -2.35. The fourth-order valence-corrected chi connectivity index (χ4v) is 2.42. The normalized spacial score (nSPS) is 13.9. The number of rotatable bonds is 4. The van der Waals surface area contributed by atoms with Crippen molar-refractivity contribution in [1.29, 1.82) is 0 Å². The Bertz CT molecular complexity index is 685. The minimum atomic E-state index is -0.236. The van der Waals surface area contributed by atoms with Crippen LogP contribution in [0.15, 0.2) is 72.3 Å². The standard InChI is InChI=1S/C19H17FO/c20-17-10-6-9-16(13-17)18-11-4-5-12-19(18)21-14-15-7-2-1-3-8-15/h2,4-13H,1,3,14H2. The summed E-state index contributed by atoms with van der Waals surface area (Å²) >= 11 is 0. The minimum Gasteiger partial charge on any atom is -0.488 e. The van der Waals surface area contributed by atoms with Crippen molar-refractivity contribution in [3.8, 4) is 16.9 Å². The Morgan fingerprint density at radius 1 is 1.00 bits per heavy atom. The number of para-hydroxylation sites is 1. The molecule has 0 heterocycles. The molecule has 0 saturated heterocycles. The SMILES string of the molecule is Fc1cccc(-c2ccccc2OCC2=CCCC=C2)c1. The molecular formula is C19H17FO. The maximum atomic E-state index is 13.4. The van der Waals surface area contributed by atoms with Gasteiger partial charge in [0.1, 0.15) is 18.2 Å². The third-order valence-corrected chi connectivity index (χ3v) is 3.49. The van der Waals surface area contributed by atoms with E-state index in [0.717, 1.165) is 29.7 Å². The van der Waals surface area contributed by atoms with Crippen molar-refractivity contribution < 1.29 is 9.13 Å². The van der Waals surface area contributed by atoms with E-state index in [1.54, 1.807) is 6.07 Å². The molecule has 0 bridgehead atoms. The van der Waals surface area contributed by atoms with Crippen molar-refractivity contribution in [2.24, 2.45) is 0 Å². The first-order valence-corrected chi connectivity index (χ1v) is 7.16. The number of hydrogen-bond acceptors (Lipinski definition) is 1. The number of halogens is 1. The van der Waals surface area contributed by atoms with Crippen LogP contribution in [0.2, 0.25) is 0 Å². The summed E-state index contributed by atoms with van der Waals surface area (Å²) in [6.07, 6.45) is 8.64. The predicted molar refractivity (Wildman–Crippen MR) is 83.8 cm³/mol. The molecule has 2 aromatic rings. The van der Waals surface area contributed by atoms with Gasteiger partial charge in [-0.25, -0.2) is 4.39 Å². The highest BCUT2D eigenvalue weighted by Crippen LogP contribution is 2.30. The molecule has 3 rings (SSSR count). The van der Waals surface area contributed by atoms with Crippen LogP contribution in [0.5, 0.6) is 5.75 Å². The van der Waals surface area contributed by atoms with Gasteiger partial charge < -0.3 is 4.74 Å². The van der Waals surface area contributed by atoms with E-state index in [0.29, 0.717) is 6.61 Å². The van der Waals surface area contributed by atoms with Crippen LogP contribution in [-0.4, -0.2) is 6.61 Å². The first kappa shape index (κ1) is 13.6. The third-order valence-electron chi connectivity index (χ3n) is 3.49. The van der Waals surface area contributed by atoms with Crippen molar-refractivity contribution in [3.63, 3.8) is 0 Å². The predicted octanol–water partition coefficient (Wildman–Crippen LogP) is 5.15. The van der Waals surface area contributed by atoms with Gasteiger partial charge in [-0.2, -0.15) is 0 Å². The Balaban J connectivity index is 1.82. The van der Waals surface area contributed by atoms with E-state index < -0.39 is 0 Å². The Morgan fingerprint density at radius 3 is 2.71 bits per heavy atom. The highest BCUT2D eigenvalue weighted by atomic mass is 19.1. The van der Waals surface area contributed by atoms with E-state index in [1.807, 2.05) is 30.3 Å². The molecule has 0 spiro atoms. The van der Waals surface area contributed by atoms with Crippen LogP contribution in [0.25, 0.3) is 11.1 Å². The first-order chi connectivity index (χ1) is 10.3. The molecule has 2 heteroatoms. The monoisotopic (exact) mass is 280 g/mol. The van der Waals surface area contributed by atoms with Crippen LogP contribution < -0.4 is 4.74 Å². The van der Waals surface area contributed by atoms with Crippen molar-refractivity contribution in [2.45, 2.75) is 12.8 Å². The van der Waals surface area contributed by atoms with Crippen LogP contribution in [-0.2, 0) is 0 Å². The molecule has 0 atom stereocenters. The van der Waals surface area contributed by atoms with E-state index in [4.69, 9.17) is 4.74 Å². The number of ether oxygens (including phenoxy) is 1. The largest absolute Gasteiger partial charge is 0.488 e. The van der Waals surface area contributed by atoms with Gasteiger partial charge in [-0.15, -0.1) is 0 Å². The third kappa shape index (κ3) is 3.40. The van der Waals surface area contributed by atoms with Crippen molar-refractivity contribution in [3.05, 3.63) is 78.1 Å². The zero-order valence-corrected chi connectivity index (χ0v) is 11.8. The lowest BCUT2D eigenvalue weighted by Gasteiger charge is -2.13. The summed E-state index contributed by atoms with van der Waals surface area (Å²) in [4.78, 5) is 0. The molecule has 2 aromatic carbocycles. The first-order valence-electron chi connectivity index (χ1n) is 7.16. The molecule has 106 valence electrons. The zero-order chi connectivity index (χ0) is 14.5. The van der Waals surface area contributed by atoms with Crippen LogP contribution in [0, 0.1) is 5.82 Å². The quantitative estimate of drug-likeness (QED) is 0.752. The van der Waals surface area contributed by atoms with E-state index in [-0.39, 0.29) is 5.82 Å². The second-order valence-corrected chi connectivity index (χ2v) is 5.05. The van der Waals surface area contributed by atoms with Gasteiger partial charge in [-0.1, -0.05) is 48.6 Å². The van der Waals surface area contributed by atoms with Gasteiger partial charge in [0, 0.05) is 5.56 Å². The molecule has 0 amide bonds. The maximum Gasteiger partial charge on any atom is 0.127 e. The van der Waals surface area contributed by atoms with Crippen molar-refractivity contribution in [1.82, 2.24) is 0 Å². The number of hydrogen-bond donors (Lipinski definition) is 0. The zero-order valence-electron chi connectivity index (χ0n) is 11.8. The van der Waals surface area contributed by atoms with Gasteiger partial charge >= 0.3 is 0 Å². The van der Waals surface area contributed by atoms with E-state index in [9.17, 15) is 4.39 Å². The fraction of sp³-hybridized carbons (Fsp3) is 0.158. The molecule has 0 aromatic heterocycles. The molecule has 0 unspecified atom stereocenters. The highest BCUT2D eigenvalue weighted by Gasteiger charge is 2.07. The summed E-state index contributed by atoms with van der Waals surface area (Å²) < 4.78 is 19.3. The molecule has 0 radical (unpaired) electrons. The average Bonchev–Trinajstić information content (AvgIpc) is 2.54. The van der Waals surface area contributed by atoms with Gasteiger partial charge in [0.05, 0.1) is 0 Å². The Morgan fingerprint density at radius 2 is 1.90 bits per heavy atom. The molecule has 0 saturated carbocycles. The second-order valence-electron chi connectivity index (χ2n) is 5.05. The molecule has 0 aliphatic heterocycles. The van der Waals surface area contributed by atoms with Crippen LogP contribution in [0.1, 0.15) is 12.8 Å². The van der Waals surface area contributed by atoms with Gasteiger partial charge in [0.15, 0.2) is 0 Å². The van der Waals surface area contributed by atoms with Gasteiger partial charge in [0.25, 0.3) is 0 Å². The summed E-state index contributed by atoms with van der Waals surface area (Å²) in [6.45, 7) is 0.544. The fourth-order valence-electron chi connectivity index (χ4n) is 2.42. The lowest BCUT2D eigenvalue weighted by atomic mass is 10.0. The van der Waals surface area contributed by atoms with E-state index >= 15 is 0 Å².